The van der Waals surface area contributed by atoms with Crippen LogP contribution in [0.25, 0.3) is 0 Å². The van der Waals surface area contributed by atoms with Crippen LogP contribution in [0, 0.1) is 0 Å². The lowest BCUT2D eigenvalue weighted by Gasteiger charge is -2.25. The quantitative estimate of drug-likeness (QED) is 0.587. The number of nitrogens with zero attached hydrogens (tertiary/aromatic N) is 1. The number of aliphatic carboxylic acids is 1. The highest BCUT2D eigenvalue weighted by atomic mass is 32.1. The second-order valence-corrected chi connectivity index (χ2v) is 5.52. The van der Waals surface area contributed by atoms with E-state index in [-0.39, 0.29) is 0 Å². The molecule has 0 bridgehead atoms. The lowest BCUT2D eigenvalue weighted by atomic mass is 10.1. The van der Waals surface area contributed by atoms with E-state index in [4.69, 9.17) is 10.8 Å². The summed E-state index contributed by atoms with van der Waals surface area (Å²) < 4.78 is 0. The fraction of sp³-hybridized carbons (Fsp3) is 0.455. The Kier molecular flexibility index (Phi) is 5.03. The minimum atomic E-state index is -1.36. The SMILES string of the molecule is CC(C)(NC(=O)NC(CC(N)=O)C(=O)O)c1nccs1. The van der Waals surface area contributed by atoms with Gasteiger partial charge in [-0.05, 0) is 13.8 Å². The molecule has 0 saturated carbocycles. The highest BCUT2D eigenvalue weighted by Crippen LogP contribution is 2.21. The van der Waals surface area contributed by atoms with Crippen LogP contribution in [-0.2, 0) is 15.1 Å². The van der Waals surface area contributed by atoms with Crippen LogP contribution in [0.2, 0.25) is 0 Å². The lowest BCUT2D eigenvalue weighted by molar-refractivity contribution is -0.140. The van der Waals surface area contributed by atoms with Gasteiger partial charge in [0.25, 0.3) is 0 Å². The van der Waals surface area contributed by atoms with Crippen LogP contribution in [0.1, 0.15) is 25.3 Å². The van der Waals surface area contributed by atoms with E-state index in [1.54, 1.807) is 25.4 Å². The Hall–Kier alpha value is -2.16. The van der Waals surface area contributed by atoms with Gasteiger partial charge in [-0.3, -0.25) is 4.79 Å². The molecule has 0 aliphatic heterocycles. The van der Waals surface area contributed by atoms with E-state index in [1.807, 2.05) is 0 Å². The van der Waals surface area contributed by atoms with Crippen molar-refractivity contribution in [2.45, 2.75) is 31.8 Å². The van der Waals surface area contributed by atoms with Crippen LogP contribution in [0.4, 0.5) is 4.79 Å². The summed E-state index contributed by atoms with van der Waals surface area (Å²) in [6.07, 6.45) is 1.13. The first-order chi connectivity index (χ1) is 9.22. The van der Waals surface area contributed by atoms with E-state index < -0.39 is 35.9 Å². The van der Waals surface area contributed by atoms with Crippen molar-refractivity contribution in [2.75, 3.05) is 0 Å². The summed E-state index contributed by atoms with van der Waals surface area (Å²) in [4.78, 5) is 37.5. The van der Waals surface area contributed by atoms with Gasteiger partial charge in [0.2, 0.25) is 5.91 Å². The Morgan fingerprint density at radius 3 is 2.60 bits per heavy atom. The van der Waals surface area contributed by atoms with Crippen LogP contribution in [0.5, 0.6) is 0 Å². The Morgan fingerprint density at radius 1 is 1.50 bits per heavy atom. The van der Waals surface area contributed by atoms with Gasteiger partial charge in [0.05, 0.1) is 12.0 Å². The number of nitrogens with one attached hydrogen (secondary N) is 2. The number of urea groups is 1. The summed E-state index contributed by atoms with van der Waals surface area (Å²) in [5, 5.41) is 16.1. The number of carbonyl (C=O) groups is 3. The van der Waals surface area contributed by atoms with Gasteiger partial charge in [0.15, 0.2) is 0 Å². The zero-order chi connectivity index (χ0) is 15.3. The molecule has 0 saturated heterocycles. The van der Waals surface area contributed by atoms with Crippen LogP contribution < -0.4 is 16.4 Å². The number of thiazole rings is 1. The second kappa shape index (κ2) is 6.33. The molecule has 9 heteroatoms. The molecule has 0 aliphatic rings. The van der Waals surface area contributed by atoms with Crippen molar-refractivity contribution in [3.8, 4) is 0 Å². The highest BCUT2D eigenvalue weighted by Gasteiger charge is 2.28. The first kappa shape index (κ1) is 15.9. The first-order valence-electron chi connectivity index (χ1n) is 5.72. The van der Waals surface area contributed by atoms with E-state index in [0.717, 1.165) is 0 Å². The molecule has 1 unspecified atom stereocenters. The summed E-state index contributed by atoms with van der Waals surface area (Å²) in [5.41, 5.74) is 4.17. The summed E-state index contributed by atoms with van der Waals surface area (Å²) in [5.74, 6) is -2.14. The lowest BCUT2D eigenvalue weighted by Crippen LogP contribution is -2.52. The third kappa shape index (κ3) is 4.50. The molecule has 110 valence electrons. The molecule has 1 atom stereocenters. The van der Waals surface area contributed by atoms with E-state index in [2.05, 4.69) is 15.6 Å². The van der Waals surface area contributed by atoms with Gasteiger partial charge >= 0.3 is 12.0 Å². The number of hydrogen-bond acceptors (Lipinski definition) is 5. The highest BCUT2D eigenvalue weighted by molar-refractivity contribution is 7.09. The normalized spacial score (nSPS) is 12.5. The van der Waals surface area contributed by atoms with Crippen molar-refractivity contribution >= 4 is 29.2 Å². The molecule has 0 fully saturated rings. The third-order valence-corrected chi connectivity index (χ3v) is 3.50. The number of carboxylic acids is 1. The number of carboxylic acid groups (broad SMARTS) is 1. The summed E-state index contributed by atoms with van der Waals surface area (Å²) in [6.45, 7) is 3.46. The smallest absolute Gasteiger partial charge is 0.326 e. The van der Waals surface area contributed by atoms with Crippen molar-refractivity contribution < 1.29 is 19.5 Å². The van der Waals surface area contributed by atoms with Crippen LogP contribution >= 0.6 is 11.3 Å². The van der Waals surface area contributed by atoms with Gasteiger partial charge in [-0.1, -0.05) is 0 Å². The predicted molar refractivity (Wildman–Crippen MR) is 72.0 cm³/mol. The minimum absolute atomic E-state index is 0.472. The fourth-order valence-electron chi connectivity index (χ4n) is 1.47. The molecule has 1 heterocycles. The van der Waals surface area contributed by atoms with Crippen molar-refractivity contribution in [3.05, 3.63) is 16.6 Å². The third-order valence-electron chi connectivity index (χ3n) is 2.40. The molecule has 1 aromatic rings. The Labute approximate surface area is 119 Å². The molecular formula is C11H16N4O4S. The van der Waals surface area contributed by atoms with Crippen LogP contribution in [0.15, 0.2) is 11.6 Å². The Balaban J connectivity index is 2.66. The maximum atomic E-state index is 11.8. The number of carbonyl (C=O) groups excluding carboxylic acids is 2. The summed E-state index contributed by atoms with van der Waals surface area (Å²) in [7, 11) is 0. The molecule has 5 N–H and O–H groups in total. The van der Waals surface area contributed by atoms with Crippen molar-refractivity contribution in [1.29, 1.82) is 0 Å². The van der Waals surface area contributed by atoms with E-state index >= 15 is 0 Å². The Bertz CT molecular complexity index is 501. The second-order valence-electron chi connectivity index (χ2n) is 4.62. The minimum Gasteiger partial charge on any atom is -0.480 e. The maximum absolute atomic E-state index is 11.8. The van der Waals surface area contributed by atoms with E-state index in [0.29, 0.717) is 5.01 Å². The zero-order valence-corrected chi connectivity index (χ0v) is 11.9. The van der Waals surface area contributed by atoms with Gasteiger partial charge in [-0.2, -0.15) is 0 Å². The average Bonchev–Trinajstić information content (AvgIpc) is 2.80. The molecule has 0 spiro atoms. The van der Waals surface area contributed by atoms with E-state index in [1.165, 1.54) is 11.3 Å². The topological polar surface area (TPSA) is 134 Å². The maximum Gasteiger partial charge on any atom is 0.326 e. The molecule has 1 rings (SSSR count). The molecule has 3 amide bonds. The average molecular weight is 300 g/mol. The standard InChI is InChI=1S/C11H16N4O4S/c1-11(2,9-13-3-4-20-9)15-10(19)14-6(8(17)18)5-7(12)16/h3-4,6H,5H2,1-2H3,(H2,12,16)(H,17,18)(H2,14,15,19). The van der Waals surface area contributed by atoms with Crippen molar-refractivity contribution in [3.63, 3.8) is 0 Å². The fourth-order valence-corrected chi connectivity index (χ4v) is 2.18. The predicted octanol–water partition coefficient (Wildman–Crippen LogP) is 0.00600. The number of amides is 3. The first-order valence-corrected chi connectivity index (χ1v) is 6.60. The van der Waals surface area contributed by atoms with Gasteiger partial charge in [0.1, 0.15) is 11.0 Å². The molecule has 1 aromatic heterocycles. The monoisotopic (exact) mass is 300 g/mol. The van der Waals surface area contributed by atoms with Gasteiger partial charge < -0.3 is 21.5 Å². The summed E-state index contributed by atoms with van der Waals surface area (Å²) in [6, 6.07) is -2.07. The summed E-state index contributed by atoms with van der Waals surface area (Å²) >= 11 is 1.36. The molecule has 0 aliphatic carbocycles. The van der Waals surface area contributed by atoms with Crippen LogP contribution in [-0.4, -0.2) is 34.0 Å². The number of primary amides is 1. The van der Waals surface area contributed by atoms with Crippen molar-refractivity contribution in [1.82, 2.24) is 15.6 Å². The molecule has 8 nitrogen and oxygen atoms in total. The number of aromatic nitrogens is 1. The number of rotatable bonds is 6. The van der Waals surface area contributed by atoms with Gasteiger partial charge in [-0.25, -0.2) is 14.6 Å². The number of nitrogens with two attached hydrogens (primary N) is 1. The van der Waals surface area contributed by atoms with Crippen LogP contribution in [0.3, 0.4) is 0 Å². The van der Waals surface area contributed by atoms with Gasteiger partial charge in [-0.15, -0.1) is 11.3 Å². The zero-order valence-electron chi connectivity index (χ0n) is 11.0. The Morgan fingerprint density at radius 2 is 2.15 bits per heavy atom. The van der Waals surface area contributed by atoms with E-state index in [9.17, 15) is 14.4 Å². The van der Waals surface area contributed by atoms with Crippen molar-refractivity contribution in [2.24, 2.45) is 5.73 Å². The largest absolute Gasteiger partial charge is 0.480 e. The molecular weight excluding hydrogens is 284 g/mol. The van der Waals surface area contributed by atoms with Gasteiger partial charge in [0, 0.05) is 11.6 Å². The number of hydrogen-bond donors (Lipinski definition) is 4. The molecule has 0 aromatic carbocycles. The molecule has 20 heavy (non-hydrogen) atoms. The molecule has 0 radical (unpaired) electrons.